The molecular weight excluding hydrogens is 295 g/mol. The third kappa shape index (κ3) is 4.25. The molecule has 2 aromatic rings. The normalized spacial score (nSPS) is 12.4. The molecule has 0 saturated carbocycles. The van der Waals surface area contributed by atoms with Crippen LogP contribution in [0.25, 0.3) is 0 Å². The van der Waals surface area contributed by atoms with Crippen molar-refractivity contribution >= 4 is 11.8 Å². The van der Waals surface area contributed by atoms with Crippen LogP contribution >= 0.6 is 11.8 Å². The van der Waals surface area contributed by atoms with E-state index >= 15 is 0 Å². The summed E-state index contributed by atoms with van der Waals surface area (Å²) in [5.41, 5.74) is 0.312. The summed E-state index contributed by atoms with van der Waals surface area (Å²) in [4.78, 5) is 0.885. The van der Waals surface area contributed by atoms with Crippen LogP contribution in [-0.2, 0) is 0 Å². The largest absolute Gasteiger partial charge is 0.309 e. The first-order chi connectivity index (χ1) is 10.1. The molecule has 0 saturated heterocycles. The predicted molar refractivity (Wildman–Crippen MR) is 79.9 cm³/mol. The van der Waals surface area contributed by atoms with E-state index in [4.69, 9.17) is 0 Å². The molecule has 2 aromatic carbocycles. The number of thioether (sulfide) groups is 1. The highest BCUT2D eigenvalue weighted by atomic mass is 32.2. The van der Waals surface area contributed by atoms with Crippen molar-refractivity contribution < 1.29 is 13.2 Å². The van der Waals surface area contributed by atoms with Crippen LogP contribution in [-0.4, -0.2) is 12.3 Å². The van der Waals surface area contributed by atoms with E-state index in [1.165, 1.54) is 30.0 Å². The van der Waals surface area contributed by atoms with Crippen molar-refractivity contribution in [2.24, 2.45) is 0 Å². The lowest BCUT2D eigenvalue weighted by Crippen LogP contribution is -2.24. The van der Waals surface area contributed by atoms with E-state index < -0.39 is 11.6 Å². The van der Waals surface area contributed by atoms with E-state index in [2.05, 4.69) is 5.32 Å². The van der Waals surface area contributed by atoms with Crippen molar-refractivity contribution in [3.63, 3.8) is 0 Å². The van der Waals surface area contributed by atoms with Crippen LogP contribution in [0.15, 0.2) is 47.4 Å². The topological polar surface area (TPSA) is 12.0 Å². The Balaban J connectivity index is 2.12. The molecule has 21 heavy (non-hydrogen) atoms. The minimum absolute atomic E-state index is 0.293. The maximum Gasteiger partial charge on any atom is 0.163 e. The first-order valence-electron chi connectivity index (χ1n) is 6.67. The van der Waals surface area contributed by atoms with Crippen molar-refractivity contribution in [1.82, 2.24) is 5.32 Å². The van der Waals surface area contributed by atoms with Crippen LogP contribution in [0.4, 0.5) is 13.2 Å². The zero-order valence-electron chi connectivity index (χ0n) is 11.6. The summed E-state index contributed by atoms with van der Waals surface area (Å²) >= 11 is 1.47. The highest BCUT2D eigenvalue weighted by Gasteiger charge is 2.17. The van der Waals surface area contributed by atoms with Gasteiger partial charge < -0.3 is 5.32 Å². The Labute approximate surface area is 126 Å². The second-order valence-corrected chi connectivity index (χ2v) is 5.61. The quantitative estimate of drug-likeness (QED) is 0.786. The van der Waals surface area contributed by atoms with E-state index in [1.807, 2.05) is 6.92 Å². The molecule has 0 aliphatic heterocycles. The van der Waals surface area contributed by atoms with Crippen molar-refractivity contribution in [2.75, 3.05) is 12.3 Å². The Morgan fingerprint density at radius 3 is 2.43 bits per heavy atom. The summed E-state index contributed by atoms with van der Waals surface area (Å²) in [6, 6.07) is 9.99. The van der Waals surface area contributed by atoms with Crippen LogP contribution < -0.4 is 5.32 Å². The molecule has 0 aliphatic rings. The van der Waals surface area contributed by atoms with Gasteiger partial charge in [-0.15, -0.1) is 11.8 Å². The molecule has 0 bridgehead atoms. The minimum atomic E-state index is -0.845. The summed E-state index contributed by atoms with van der Waals surface area (Å²) in [7, 11) is 0. The molecule has 0 aromatic heterocycles. The van der Waals surface area contributed by atoms with Gasteiger partial charge in [-0.2, -0.15) is 0 Å². The van der Waals surface area contributed by atoms with E-state index in [1.54, 1.807) is 18.2 Å². The van der Waals surface area contributed by atoms with Gasteiger partial charge in [0.25, 0.3) is 0 Å². The fraction of sp³-hybridized carbons (Fsp3) is 0.250. The number of hydrogen-bond donors (Lipinski definition) is 1. The molecular formula is C16H16F3NS. The lowest BCUT2D eigenvalue weighted by Gasteiger charge is -2.19. The molecule has 0 aliphatic carbocycles. The lowest BCUT2D eigenvalue weighted by molar-refractivity contribution is 0.478. The SMILES string of the molecule is CCNC(CSc1ccc(F)cc1)c1cccc(F)c1F. The van der Waals surface area contributed by atoms with Crippen LogP contribution in [0, 0.1) is 17.5 Å². The Hall–Kier alpha value is -1.46. The molecule has 1 atom stereocenters. The Kier molecular flexibility index (Phi) is 5.70. The molecule has 0 fully saturated rings. The van der Waals surface area contributed by atoms with Gasteiger partial charge >= 0.3 is 0 Å². The molecule has 2 rings (SSSR count). The Morgan fingerprint density at radius 2 is 1.76 bits per heavy atom. The maximum absolute atomic E-state index is 13.9. The minimum Gasteiger partial charge on any atom is -0.309 e. The standard InChI is InChI=1S/C16H16F3NS/c1-2-20-15(13-4-3-5-14(18)16(13)19)10-21-12-8-6-11(17)7-9-12/h3-9,15,20H,2,10H2,1H3. The predicted octanol–water partition coefficient (Wildman–Crippen LogP) is 4.55. The van der Waals surface area contributed by atoms with Gasteiger partial charge in [0.2, 0.25) is 0 Å². The lowest BCUT2D eigenvalue weighted by atomic mass is 10.1. The second-order valence-electron chi connectivity index (χ2n) is 4.52. The van der Waals surface area contributed by atoms with Crippen molar-refractivity contribution in [1.29, 1.82) is 0 Å². The number of nitrogens with one attached hydrogen (secondary N) is 1. The smallest absolute Gasteiger partial charge is 0.163 e. The van der Waals surface area contributed by atoms with E-state index in [0.717, 1.165) is 11.0 Å². The summed E-state index contributed by atoms with van der Waals surface area (Å²) in [5, 5.41) is 3.15. The van der Waals surface area contributed by atoms with Gasteiger partial charge in [0.1, 0.15) is 5.82 Å². The van der Waals surface area contributed by atoms with Crippen molar-refractivity contribution in [3.8, 4) is 0 Å². The maximum atomic E-state index is 13.9. The fourth-order valence-electron chi connectivity index (χ4n) is 2.01. The fourth-order valence-corrected chi connectivity index (χ4v) is 2.99. The van der Waals surface area contributed by atoms with Gasteiger partial charge in [-0.05, 0) is 36.9 Å². The van der Waals surface area contributed by atoms with Gasteiger partial charge in [0.05, 0.1) is 0 Å². The summed E-state index contributed by atoms with van der Waals surface area (Å²) in [5.74, 6) is -1.43. The molecule has 1 unspecified atom stereocenters. The van der Waals surface area contributed by atoms with Crippen LogP contribution in [0.3, 0.4) is 0 Å². The van der Waals surface area contributed by atoms with E-state index in [0.29, 0.717) is 17.9 Å². The molecule has 1 N–H and O–H groups in total. The average Bonchev–Trinajstić information content (AvgIpc) is 2.48. The Morgan fingerprint density at radius 1 is 1.05 bits per heavy atom. The van der Waals surface area contributed by atoms with Crippen LogP contribution in [0.2, 0.25) is 0 Å². The van der Waals surface area contributed by atoms with Gasteiger partial charge in [0.15, 0.2) is 11.6 Å². The summed E-state index contributed by atoms with van der Waals surface area (Å²) in [6.07, 6.45) is 0. The second kappa shape index (κ2) is 7.52. The molecule has 0 radical (unpaired) electrons. The average molecular weight is 311 g/mol. The van der Waals surface area contributed by atoms with Crippen LogP contribution in [0.1, 0.15) is 18.5 Å². The monoisotopic (exact) mass is 311 g/mol. The molecule has 5 heteroatoms. The molecule has 112 valence electrons. The van der Waals surface area contributed by atoms with Gasteiger partial charge in [-0.25, -0.2) is 13.2 Å². The third-order valence-electron chi connectivity index (χ3n) is 3.04. The molecule has 0 heterocycles. The van der Waals surface area contributed by atoms with Crippen LogP contribution in [0.5, 0.6) is 0 Å². The van der Waals surface area contributed by atoms with E-state index in [-0.39, 0.29) is 11.9 Å². The number of hydrogen-bond acceptors (Lipinski definition) is 2. The highest BCUT2D eigenvalue weighted by Crippen LogP contribution is 2.27. The van der Waals surface area contributed by atoms with Crippen molar-refractivity contribution in [3.05, 3.63) is 65.5 Å². The van der Waals surface area contributed by atoms with Gasteiger partial charge in [0, 0.05) is 22.3 Å². The number of benzene rings is 2. The van der Waals surface area contributed by atoms with Gasteiger partial charge in [-0.1, -0.05) is 19.1 Å². The molecule has 0 amide bonds. The summed E-state index contributed by atoms with van der Waals surface area (Å²) in [6.45, 7) is 2.55. The number of rotatable bonds is 6. The summed E-state index contributed by atoms with van der Waals surface area (Å²) < 4.78 is 40.1. The van der Waals surface area contributed by atoms with E-state index in [9.17, 15) is 13.2 Å². The first kappa shape index (κ1) is 15.9. The third-order valence-corrected chi connectivity index (χ3v) is 4.14. The molecule has 0 spiro atoms. The Bertz CT molecular complexity index is 587. The first-order valence-corrected chi connectivity index (χ1v) is 7.66. The molecule has 1 nitrogen and oxygen atoms in total. The van der Waals surface area contributed by atoms with Crippen molar-refractivity contribution in [2.45, 2.75) is 17.9 Å². The number of halogens is 3. The zero-order chi connectivity index (χ0) is 15.2. The highest BCUT2D eigenvalue weighted by molar-refractivity contribution is 7.99. The zero-order valence-corrected chi connectivity index (χ0v) is 12.4. The van der Waals surface area contributed by atoms with Gasteiger partial charge in [-0.3, -0.25) is 0 Å².